The number of hydrogen-bond acceptors (Lipinski definition) is 3. The van der Waals surface area contributed by atoms with Gasteiger partial charge in [-0.1, -0.05) is 0 Å². The minimum atomic E-state index is -3.24. The molecule has 0 bridgehead atoms. The predicted molar refractivity (Wildman–Crippen MR) is 16.0 cm³/mol. The van der Waals surface area contributed by atoms with Crippen LogP contribution >= 0.6 is 0 Å². The molecule has 0 aliphatic carbocycles. The SMILES string of the molecule is O=S([O-])OC(F)F.[Li+]. The normalized spacial score (nSPS) is 13.0. The molecule has 44 valence electrons. The predicted octanol–water partition coefficient (Wildman–Crippen LogP) is -2.98. The van der Waals surface area contributed by atoms with Gasteiger partial charge in [0, 0.05) is 0 Å². The zero-order valence-electron chi connectivity index (χ0n) is 3.97. The summed E-state index contributed by atoms with van der Waals surface area (Å²) in [7, 11) is 0. The van der Waals surface area contributed by atoms with Gasteiger partial charge in [0.05, 0.1) is 11.4 Å². The second-order valence-corrected chi connectivity index (χ2v) is 1.16. The maximum absolute atomic E-state index is 10.7. The van der Waals surface area contributed by atoms with Crippen LogP contribution in [0, 0.1) is 0 Å². The molecule has 0 saturated carbocycles. The number of hydrogen-bond donors (Lipinski definition) is 0. The van der Waals surface area contributed by atoms with E-state index in [1.54, 1.807) is 0 Å². The van der Waals surface area contributed by atoms with Crippen LogP contribution in [0.5, 0.6) is 0 Å². The summed E-state index contributed by atoms with van der Waals surface area (Å²) in [6.07, 6.45) is 0. The standard InChI is InChI=1S/CH2F2O3S.Li/c2-1(3)6-7(4)5;/h1H,(H,4,5);/q;+1/p-1. The first-order valence-electron chi connectivity index (χ1n) is 1.17. The minimum absolute atomic E-state index is 0. The van der Waals surface area contributed by atoms with Crippen LogP contribution < -0.4 is 18.9 Å². The molecule has 0 aromatic carbocycles. The summed E-state index contributed by atoms with van der Waals surface area (Å²) < 4.78 is 42.4. The Kier molecular flexibility index (Phi) is 8.02. The molecular weight excluding hydrogens is 137 g/mol. The molecule has 7 heteroatoms. The molecular formula is CHF2LiO3S. The van der Waals surface area contributed by atoms with Crippen LogP contribution in [-0.2, 0) is 15.5 Å². The second kappa shape index (κ2) is 5.66. The van der Waals surface area contributed by atoms with Crippen LogP contribution in [0.25, 0.3) is 0 Å². The fourth-order valence-electron chi connectivity index (χ4n) is 0.0594. The molecule has 1 atom stereocenters. The average molecular weight is 138 g/mol. The molecule has 0 radical (unpaired) electrons. The maximum atomic E-state index is 10.7. The van der Waals surface area contributed by atoms with E-state index in [0.717, 1.165) is 0 Å². The first-order chi connectivity index (χ1) is 3.13. The van der Waals surface area contributed by atoms with Crippen LogP contribution in [-0.4, -0.2) is 15.4 Å². The third-order valence-corrected chi connectivity index (χ3v) is 0.454. The zero-order chi connectivity index (χ0) is 5.86. The fourth-order valence-corrected chi connectivity index (χ4v) is 0.178. The zero-order valence-corrected chi connectivity index (χ0v) is 4.78. The Morgan fingerprint density at radius 3 is 2.00 bits per heavy atom. The Hall–Kier alpha value is 0.527. The van der Waals surface area contributed by atoms with E-state index in [0.29, 0.717) is 0 Å². The molecule has 0 saturated heterocycles. The third-order valence-electron chi connectivity index (χ3n) is 0.151. The Bertz CT molecular complexity index is 77.7. The number of alkyl halides is 2. The molecule has 0 aromatic rings. The van der Waals surface area contributed by atoms with Crippen molar-refractivity contribution in [2.24, 2.45) is 0 Å². The minimum Gasteiger partial charge on any atom is -0.750 e. The van der Waals surface area contributed by atoms with Crippen molar-refractivity contribution in [3.8, 4) is 0 Å². The molecule has 0 N–H and O–H groups in total. The van der Waals surface area contributed by atoms with E-state index in [-0.39, 0.29) is 18.9 Å². The largest absolute Gasteiger partial charge is 1.00 e. The number of rotatable bonds is 2. The van der Waals surface area contributed by atoms with Gasteiger partial charge >= 0.3 is 25.5 Å². The van der Waals surface area contributed by atoms with Gasteiger partial charge in [0.1, 0.15) is 0 Å². The van der Waals surface area contributed by atoms with Gasteiger partial charge in [-0.3, -0.25) is 0 Å². The Balaban J connectivity index is 0. The molecule has 0 rings (SSSR count). The summed E-state index contributed by atoms with van der Waals surface area (Å²) in [5.74, 6) is 0. The van der Waals surface area contributed by atoms with Crippen molar-refractivity contribution >= 4 is 11.4 Å². The molecule has 0 fully saturated rings. The van der Waals surface area contributed by atoms with E-state index in [1.807, 2.05) is 0 Å². The Morgan fingerprint density at radius 2 is 2.00 bits per heavy atom. The van der Waals surface area contributed by atoms with Crippen molar-refractivity contribution in [2.75, 3.05) is 0 Å². The quantitative estimate of drug-likeness (QED) is 0.302. The summed E-state index contributed by atoms with van der Waals surface area (Å²) in [4.78, 5) is 0. The Morgan fingerprint density at radius 1 is 1.62 bits per heavy atom. The van der Waals surface area contributed by atoms with E-state index in [9.17, 15) is 8.78 Å². The van der Waals surface area contributed by atoms with Crippen molar-refractivity contribution in [2.45, 2.75) is 6.61 Å². The van der Waals surface area contributed by atoms with E-state index in [4.69, 9.17) is 8.76 Å². The molecule has 8 heavy (non-hydrogen) atoms. The van der Waals surface area contributed by atoms with Crippen molar-refractivity contribution in [3.63, 3.8) is 0 Å². The summed E-state index contributed by atoms with van der Waals surface area (Å²) in [5, 5.41) is 0. The van der Waals surface area contributed by atoms with E-state index < -0.39 is 18.0 Å². The van der Waals surface area contributed by atoms with E-state index in [1.165, 1.54) is 0 Å². The third kappa shape index (κ3) is 9.73. The first kappa shape index (κ1) is 11.3. The second-order valence-electron chi connectivity index (χ2n) is 0.561. The van der Waals surface area contributed by atoms with Gasteiger partial charge in [0.25, 0.3) is 0 Å². The summed E-state index contributed by atoms with van der Waals surface area (Å²) in [6, 6.07) is 0. The van der Waals surface area contributed by atoms with Crippen LogP contribution in [0.2, 0.25) is 0 Å². The van der Waals surface area contributed by atoms with Gasteiger partial charge in [-0.15, -0.1) is 0 Å². The van der Waals surface area contributed by atoms with Gasteiger partial charge < -0.3 is 4.55 Å². The summed E-state index contributed by atoms with van der Waals surface area (Å²) in [5.41, 5.74) is 0. The van der Waals surface area contributed by atoms with Gasteiger partial charge in [0.15, 0.2) is 0 Å². The molecule has 0 spiro atoms. The topological polar surface area (TPSA) is 49.4 Å². The summed E-state index contributed by atoms with van der Waals surface area (Å²) in [6.45, 7) is -3.24. The first-order valence-corrected chi connectivity index (χ1v) is 2.17. The monoisotopic (exact) mass is 138 g/mol. The molecule has 0 aliphatic rings. The van der Waals surface area contributed by atoms with Crippen LogP contribution in [0.4, 0.5) is 8.78 Å². The van der Waals surface area contributed by atoms with Crippen LogP contribution in [0.1, 0.15) is 0 Å². The number of halogens is 2. The van der Waals surface area contributed by atoms with Crippen molar-refractivity contribution in [1.82, 2.24) is 0 Å². The van der Waals surface area contributed by atoms with Gasteiger partial charge in [-0.25, -0.2) is 8.39 Å². The maximum Gasteiger partial charge on any atom is 1.00 e. The fraction of sp³-hybridized carbons (Fsp3) is 1.00. The molecule has 3 nitrogen and oxygen atoms in total. The molecule has 1 unspecified atom stereocenters. The van der Waals surface area contributed by atoms with Crippen molar-refractivity contribution in [1.29, 1.82) is 0 Å². The van der Waals surface area contributed by atoms with Crippen molar-refractivity contribution < 1.29 is 40.6 Å². The molecule has 0 aliphatic heterocycles. The Labute approximate surface area is 59.1 Å². The molecule has 0 aromatic heterocycles. The van der Waals surface area contributed by atoms with Crippen molar-refractivity contribution in [3.05, 3.63) is 0 Å². The van der Waals surface area contributed by atoms with E-state index >= 15 is 0 Å². The van der Waals surface area contributed by atoms with Gasteiger partial charge in [-0.05, 0) is 0 Å². The molecule has 0 amide bonds. The molecule has 0 heterocycles. The smallest absolute Gasteiger partial charge is 0.750 e. The summed E-state index contributed by atoms with van der Waals surface area (Å²) >= 11 is -3.10. The van der Waals surface area contributed by atoms with Gasteiger partial charge in [0.2, 0.25) is 0 Å². The average Bonchev–Trinajstić information content (AvgIpc) is 1.27. The van der Waals surface area contributed by atoms with Crippen LogP contribution in [0.15, 0.2) is 0 Å². The van der Waals surface area contributed by atoms with Crippen LogP contribution in [0.3, 0.4) is 0 Å². The van der Waals surface area contributed by atoms with Gasteiger partial charge in [-0.2, -0.15) is 8.78 Å². The van der Waals surface area contributed by atoms with E-state index in [2.05, 4.69) is 4.18 Å².